The van der Waals surface area contributed by atoms with Gasteiger partial charge in [0, 0.05) is 55.5 Å². The fourth-order valence-electron chi connectivity index (χ4n) is 10.2. The third kappa shape index (κ3) is 4.93. The Balaban J connectivity index is 1.11. The summed E-state index contributed by atoms with van der Waals surface area (Å²) in [7, 11) is 0. The van der Waals surface area contributed by atoms with E-state index in [0.29, 0.717) is 0 Å². The van der Waals surface area contributed by atoms with Crippen LogP contribution < -0.4 is 9.80 Å². The lowest BCUT2D eigenvalue weighted by atomic mass is 9.98. The summed E-state index contributed by atoms with van der Waals surface area (Å²) in [6, 6.07) is 76.7. The molecule has 0 fully saturated rings. The quantitative estimate of drug-likeness (QED) is 0.178. The van der Waals surface area contributed by atoms with E-state index in [4.69, 9.17) is 4.98 Å². The standard InChI is InChI=1S/C57H37N5/c1-3-19-38(20-4-1)59-48-29-13-7-23-42(48)54-44-25-9-15-31-50(44)61(56(54)46-27-11-17-33-52(46)59)40-35-41(37-58-36-40)62-51-32-16-10-26-45(51)55-43-24-8-14-30-49(43)60(39-21-5-2-6-22-39)53-34-18-12-28-47(53)57(55)62/h1-37H. The first kappa shape index (κ1) is 34.5. The molecule has 13 rings (SSSR count). The molecule has 2 aliphatic rings. The molecule has 3 aromatic heterocycles. The predicted octanol–water partition coefficient (Wildman–Crippen LogP) is 15.2. The summed E-state index contributed by atoms with van der Waals surface area (Å²) < 4.78 is 4.88. The van der Waals surface area contributed by atoms with Gasteiger partial charge in [0.15, 0.2) is 0 Å². The SMILES string of the molecule is c1ccc(N2c3ccccc3-c3c(n(-c4cncc(-n5c6c(c7ccccc75)-c5ccccc5N(c5ccccc5)c5ccccc5-6)c4)c4ccccc34)-c3ccccc32)cc1. The number of pyridine rings is 1. The third-order valence-electron chi connectivity index (χ3n) is 12.6. The van der Waals surface area contributed by atoms with Gasteiger partial charge in [0.25, 0.3) is 0 Å². The number of fused-ring (bicyclic) bond motifs is 14. The molecule has 0 N–H and O–H groups in total. The van der Waals surface area contributed by atoms with Crippen molar-refractivity contribution < 1.29 is 0 Å². The first-order valence-corrected chi connectivity index (χ1v) is 21.1. The second-order valence-corrected chi connectivity index (χ2v) is 16.0. The van der Waals surface area contributed by atoms with Crippen molar-refractivity contribution in [3.63, 3.8) is 0 Å². The van der Waals surface area contributed by atoms with E-state index in [0.717, 1.165) is 79.0 Å². The fourth-order valence-corrected chi connectivity index (χ4v) is 10.2. The molecule has 0 saturated heterocycles. The molecule has 0 aliphatic carbocycles. The van der Waals surface area contributed by atoms with E-state index in [1.165, 1.54) is 33.0 Å². The van der Waals surface area contributed by atoms with Crippen molar-refractivity contribution in [3.05, 3.63) is 225 Å². The molecule has 290 valence electrons. The zero-order chi connectivity index (χ0) is 40.7. The van der Waals surface area contributed by atoms with Crippen LogP contribution in [0.2, 0.25) is 0 Å². The molecule has 62 heavy (non-hydrogen) atoms. The number of aromatic nitrogens is 3. The fraction of sp³-hybridized carbons (Fsp3) is 0. The molecule has 2 aliphatic heterocycles. The van der Waals surface area contributed by atoms with E-state index < -0.39 is 0 Å². The number of hydrogen-bond donors (Lipinski definition) is 0. The van der Waals surface area contributed by atoms with E-state index in [1.54, 1.807) is 0 Å². The maximum absolute atomic E-state index is 5.12. The van der Waals surface area contributed by atoms with Gasteiger partial charge in [-0.3, -0.25) is 4.98 Å². The summed E-state index contributed by atoms with van der Waals surface area (Å²) in [6.45, 7) is 0. The molecule has 0 saturated carbocycles. The Bertz CT molecular complexity index is 3310. The van der Waals surface area contributed by atoms with Crippen LogP contribution >= 0.6 is 0 Å². The van der Waals surface area contributed by atoms with Crippen LogP contribution in [0.15, 0.2) is 225 Å². The Morgan fingerprint density at radius 1 is 0.290 bits per heavy atom. The van der Waals surface area contributed by atoms with Gasteiger partial charge in [-0.15, -0.1) is 0 Å². The van der Waals surface area contributed by atoms with Gasteiger partial charge in [-0.2, -0.15) is 0 Å². The predicted molar refractivity (Wildman–Crippen MR) is 256 cm³/mol. The van der Waals surface area contributed by atoms with Crippen molar-refractivity contribution in [1.82, 2.24) is 14.1 Å². The Hall–Kier alpha value is -8.41. The van der Waals surface area contributed by atoms with E-state index >= 15 is 0 Å². The number of anilines is 6. The van der Waals surface area contributed by atoms with Gasteiger partial charge in [-0.1, -0.05) is 146 Å². The van der Waals surface area contributed by atoms with Gasteiger partial charge in [-0.25, -0.2) is 0 Å². The molecule has 0 unspecified atom stereocenters. The normalized spacial score (nSPS) is 12.5. The van der Waals surface area contributed by atoms with Crippen molar-refractivity contribution >= 4 is 55.9 Å². The zero-order valence-corrected chi connectivity index (χ0v) is 33.6. The third-order valence-corrected chi connectivity index (χ3v) is 12.6. The van der Waals surface area contributed by atoms with Gasteiger partial charge in [-0.05, 0) is 66.7 Å². The average Bonchev–Trinajstić information content (AvgIpc) is 3.78. The minimum atomic E-state index is 0.986. The molecule has 0 amide bonds. The van der Waals surface area contributed by atoms with Crippen LogP contribution in [0.5, 0.6) is 0 Å². The molecular formula is C57H37N5. The van der Waals surface area contributed by atoms with Gasteiger partial charge >= 0.3 is 0 Å². The first-order valence-electron chi connectivity index (χ1n) is 21.1. The van der Waals surface area contributed by atoms with Crippen LogP contribution in [0, 0.1) is 0 Å². The van der Waals surface area contributed by atoms with Crippen molar-refractivity contribution in [3.8, 4) is 56.1 Å². The van der Waals surface area contributed by atoms with Crippen LogP contribution in [0.4, 0.5) is 34.1 Å². The molecule has 5 nitrogen and oxygen atoms in total. The van der Waals surface area contributed by atoms with Crippen LogP contribution in [0.1, 0.15) is 0 Å². The molecule has 0 spiro atoms. The molecular weight excluding hydrogens is 755 g/mol. The second-order valence-electron chi connectivity index (χ2n) is 16.0. The summed E-state index contributed by atoms with van der Waals surface area (Å²) in [5.74, 6) is 0. The van der Waals surface area contributed by atoms with Gasteiger partial charge in [0.2, 0.25) is 0 Å². The number of hydrogen-bond acceptors (Lipinski definition) is 3. The monoisotopic (exact) mass is 791 g/mol. The lowest BCUT2D eigenvalue weighted by molar-refractivity contribution is 1.06. The Morgan fingerprint density at radius 3 is 1.06 bits per heavy atom. The number of benzene rings is 8. The average molecular weight is 792 g/mol. The largest absolute Gasteiger partial charge is 0.309 e. The van der Waals surface area contributed by atoms with E-state index in [1.807, 2.05) is 12.4 Å². The highest BCUT2D eigenvalue weighted by atomic mass is 15.2. The lowest BCUT2D eigenvalue weighted by Gasteiger charge is -2.27. The van der Waals surface area contributed by atoms with Crippen molar-refractivity contribution in [1.29, 1.82) is 0 Å². The Morgan fingerprint density at radius 2 is 0.629 bits per heavy atom. The topological polar surface area (TPSA) is 29.2 Å². The van der Waals surface area contributed by atoms with Crippen molar-refractivity contribution in [2.24, 2.45) is 0 Å². The molecule has 5 heterocycles. The van der Waals surface area contributed by atoms with E-state index in [9.17, 15) is 0 Å². The number of rotatable bonds is 4. The Labute approximate surface area is 359 Å². The first-order chi connectivity index (χ1) is 30.8. The minimum absolute atomic E-state index is 0.986. The summed E-state index contributed by atoms with van der Waals surface area (Å²) >= 11 is 0. The minimum Gasteiger partial charge on any atom is -0.309 e. The maximum Gasteiger partial charge on any atom is 0.0666 e. The van der Waals surface area contributed by atoms with Gasteiger partial charge < -0.3 is 18.9 Å². The lowest BCUT2D eigenvalue weighted by Crippen LogP contribution is -2.11. The second kappa shape index (κ2) is 13.6. The number of para-hydroxylation sites is 8. The highest BCUT2D eigenvalue weighted by Gasteiger charge is 2.33. The van der Waals surface area contributed by atoms with Crippen LogP contribution in [-0.2, 0) is 0 Å². The zero-order valence-electron chi connectivity index (χ0n) is 33.6. The van der Waals surface area contributed by atoms with Crippen molar-refractivity contribution in [2.75, 3.05) is 9.80 Å². The molecule has 0 atom stereocenters. The smallest absolute Gasteiger partial charge is 0.0666 e. The van der Waals surface area contributed by atoms with E-state index in [2.05, 4.69) is 231 Å². The van der Waals surface area contributed by atoms with Crippen LogP contribution in [0.25, 0.3) is 77.9 Å². The molecule has 0 radical (unpaired) electrons. The summed E-state index contributed by atoms with van der Waals surface area (Å²) in [5.41, 5.74) is 20.3. The van der Waals surface area contributed by atoms with Crippen LogP contribution in [0.3, 0.4) is 0 Å². The summed E-state index contributed by atoms with van der Waals surface area (Å²) in [5, 5.41) is 2.38. The highest BCUT2D eigenvalue weighted by Crippen LogP contribution is 2.56. The van der Waals surface area contributed by atoms with E-state index in [-0.39, 0.29) is 0 Å². The molecule has 8 aromatic carbocycles. The van der Waals surface area contributed by atoms with Crippen LogP contribution in [-0.4, -0.2) is 14.1 Å². The maximum atomic E-state index is 5.12. The molecule has 11 aromatic rings. The van der Waals surface area contributed by atoms with Gasteiger partial charge in [0.05, 0.1) is 68.9 Å². The number of nitrogens with zero attached hydrogens (tertiary/aromatic N) is 5. The van der Waals surface area contributed by atoms with Gasteiger partial charge in [0.1, 0.15) is 0 Å². The van der Waals surface area contributed by atoms with Crippen molar-refractivity contribution in [2.45, 2.75) is 0 Å². The molecule has 0 bridgehead atoms. The summed E-state index contributed by atoms with van der Waals surface area (Å²) in [4.78, 5) is 9.94. The molecule has 5 heteroatoms. The highest BCUT2D eigenvalue weighted by molar-refractivity contribution is 6.14. The Kier molecular flexibility index (Phi) is 7.54. The summed E-state index contributed by atoms with van der Waals surface area (Å²) in [6.07, 6.45) is 4.05.